The van der Waals surface area contributed by atoms with E-state index in [4.69, 9.17) is 0 Å². The Bertz CT molecular complexity index is 510. The number of benzene rings is 1. The Morgan fingerprint density at radius 2 is 1.78 bits per heavy atom. The zero-order chi connectivity index (χ0) is 13.0. The molecular weight excluding hydrogens is 220 g/mol. The van der Waals surface area contributed by atoms with Gasteiger partial charge in [-0.2, -0.15) is 0 Å². The number of fused-ring (bicyclic) bond motifs is 1. The number of likely N-dealkylation sites (N-methyl/N-ethyl adjacent to an activating group) is 1. The second-order valence-corrected chi connectivity index (χ2v) is 4.04. The molecule has 0 aromatic heterocycles. The molecular formula is C16H20N2. The first-order valence-corrected chi connectivity index (χ1v) is 6.53. The van der Waals surface area contributed by atoms with Crippen LogP contribution in [-0.2, 0) is 0 Å². The van der Waals surface area contributed by atoms with Crippen molar-refractivity contribution in [2.24, 2.45) is 0 Å². The van der Waals surface area contributed by atoms with Crippen LogP contribution in [0.15, 0.2) is 60.0 Å². The second kappa shape index (κ2) is 5.58. The summed E-state index contributed by atoms with van der Waals surface area (Å²) >= 11 is 0. The minimum absolute atomic E-state index is 0.999. The Kier molecular flexibility index (Phi) is 3.88. The number of hydrogen-bond acceptors (Lipinski definition) is 2. The van der Waals surface area contributed by atoms with Crippen molar-refractivity contribution >= 4 is 11.4 Å². The second-order valence-electron chi connectivity index (χ2n) is 4.04. The van der Waals surface area contributed by atoms with Gasteiger partial charge in [0.2, 0.25) is 0 Å². The highest BCUT2D eigenvalue weighted by atomic mass is 15.2. The van der Waals surface area contributed by atoms with Crippen LogP contribution in [0.4, 0.5) is 11.4 Å². The average Bonchev–Trinajstić information content (AvgIpc) is 2.67. The van der Waals surface area contributed by atoms with Crippen LogP contribution in [-0.4, -0.2) is 7.05 Å². The zero-order valence-electron chi connectivity index (χ0n) is 11.3. The smallest absolute Gasteiger partial charge is 0.0647 e. The largest absolute Gasteiger partial charge is 0.352 e. The van der Waals surface area contributed by atoms with Crippen LogP contribution >= 0.6 is 0 Å². The lowest BCUT2D eigenvalue weighted by Crippen LogP contribution is -2.24. The highest BCUT2D eigenvalue weighted by molar-refractivity contribution is 5.79. The standard InChI is InChI=1S/C14H14N2.C2H6/c1-16-13-9-4-2-3-7-11(13)15-12-8-5-6-10-14(12)16;1-2/h3-10,15H,2H2,1H3;1-2H3. The lowest BCUT2D eigenvalue weighted by molar-refractivity contribution is 1.09. The summed E-state index contributed by atoms with van der Waals surface area (Å²) in [6.45, 7) is 4.00. The maximum atomic E-state index is 3.47. The van der Waals surface area contributed by atoms with E-state index in [1.807, 2.05) is 13.8 Å². The number of allylic oxidation sites excluding steroid dienone is 4. The van der Waals surface area contributed by atoms with E-state index in [1.165, 1.54) is 22.8 Å². The highest BCUT2D eigenvalue weighted by Crippen LogP contribution is 2.35. The number of hydrogen-bond donors (Lipinski definition) is 1. The monoisotopic (exact) mass is 240 g/mol. The molecule has 2 heteroatoms. The predicted octanol–water partition coefficient (Wildman–Crippen LogP) is 4.30. The molecule has 0 fully saturated rings. The van der Waals surface area contributed by atoms with Crippen molar-refractivity contribution in [3.63, 3.8) is 0 Å². The molecule has 0 saturated heterocycles. The molecule has 1 aromatic carbocycles. The summed E-state index contributed by atoms with van der Waals surface area (Å²) in [5, 5.41) is 3.47. The van der Waals surface area contributed by atoms with E-state index in [0.717, 1.165) is 6.42 Å². The molecule has 18 heavy (non-hydrogen) atoms. The molecule has 0 atom stereocenters. The van der Waals surface area contributed by atoms with Crippen molar-refractivity contribution < 1.29 is 0 Å². The van der Waals surface area contributed by atoms with Gasteiger partial charge in [-0.25, -0.2) is 0 Å². The molecule has 2 nitrogen and oxygen atoms in total. The van der Waals surface area contributed by atoms with Gasteiger partial charge in [0.1, 0.15) is 0 Å². The molecule has 94 valence electrons. The van der Waals surface area contributed by atoms with Crippen molar-refractivity contribution in [3.05, 3.63) is 60.0 Å². The third-order valence-electron chi connectivity index (χ3n) is 3.00. The summed E-state index contributed by atoms with van der Waals surface area (Å²) in [5.41, 5.74) is 4.80. The van der Waals surface area contributed by atoms with Crippen molar-refractivity contribution in [3.8, 4) is 0 Å². The third kappa shape index (κ3) is 2.19. The van der Waals surface area contributed by atoms with E-state index >= 15 is 0 Å². The van der Waals surface area contributed by atoms with Crippen LogP contribution in [0.1, 0.15) is 20.3 Å². The molecule has 0 spiro atoms. The van der Waals surface area contributed by atoms with Gasteiger partial charge in [-0.3, -0.25) is 0 Å². The van der Waals surface area contributed by atoms with E-state index in [1.54, 1.807) is 0 Å². The predicted molar refractivity (Wildman–Crippen MR) is 79.7 cm³/mol. The van der Waals surface area contributed by atoms with Gasteiger partial charge >= 0.3 is 0 Å². The van der Waals surface area contributed by atoms with Gasteiger partial charge in [-0.1, -0.05) is 38.1 Å². The molecule has 0 amide bonds. The van der Waals surface area contributed by atoms with E-state index in [0.29, 0.717) is 0 Å². The Morgan fingerprint density at radius 1 is 1.06 bits per heavy atom. The van der Waals surface area contributed by atoms with Gasteiger partial charge in [0, 0.05) is 7.05 Å². The maximum Gasteiger partial charge on any atom is 0.0647 e. The van der Waals surface area contributed by atoms with Gasteiger partial charge in [0.25, 0.3) is 0 Å². The Labute approximate surface area is 109 Å². The number of para-hydroxylation sites is 2. The minimum Gasteiger partial charge on any atom is -0.352 e. The summed E-state index contributed by atoms with van der Waals surface area (Å²) in [4.78, 5) is 2.23. The van der Waals surface area contributed by atoms with Crippen LogP contribution in [0.5, 0.6) is 0 Å². The van der Waals surface area contributed by atoms with Crippen molar-refractivity contribution in [2.75, 3.05) is 17.3 Å². The van der Waals surface area contributed by atoms with E-state index in [9.17, 15) is 0 Å². The molecule has 1 aliphatic carbocycles. The maximum absolute atomic E-state index is 3.47. The van der Waals surface area contributed by atoms with Crippen molar-refractivity contribution in [1.29, 1.82) is 0 Å². The molecule has 1 heterocycles. The van der Waals surface area contributed by atoms with E-state index in [2.05, 4.69) is 65.8 Å². The topological polar surface area (TPSA) is 15.3 Å². The van der Waals surface area contributed by atoms with Gasteiger partial charge in [-0.15, -0.1) is 0 Å². The van der Waals surface area contributed by atoms with Gasteiger partial charge in [-0.05, 0) is 30.7 Å². The van der Waals surface area contributed by atoms with Gasteiger partial charge < -0.3 is 10.2 Å². The number of anilines is 2. The zero-order valence-corrected chi connectivity index (χ0v) is 11.3. The number of rotatable bonds is 0. The molecule has 1 aromatic rings. The normalized spacial score (nSPS) is 16.1. The quantitative estimate of drug-likeness (QED) is 0.727. The Balaban J connectivity index is 0.000000574. The van der Waals surface area contributed by atoms with Crippen LogP contribution < -0.4 is 10.2 Å². The fourth-order valence-electron chi connectivity index (χ4n) is 2.16. The minimum atomic E-state index is 0.999. The highest BCUT2D eigenvalue weighted by Gasteiger charge is 2.19. The third-order valence-corrected chi connectivity index (χ3v) is 3.00. The first-order chi connectivity index (χ1) is 8.86. The summed E-state index contributed by atoms with van der Waals surface area (Å²) in [5.74, 6) is 0. The van der Waals surface area contributed by atoms with E-state index < -0.39 is 0 Å². The lowest BCUT2D eigenvalue weighted by atomic mass is 10.1. The summed E-state index contributed by atoms with van der Waals surface area (Å²) in [6.07, 6.45) is 9.69. The van der Waals surface area contributed by atoms with E-state index in [-0.39, 0.29) is 0 Å². The fourth-order valence-corrected chi connectivity index (χ4v) is 2.16. The fraction of sp³-hybridized carbons (Fsp3) is 0.250. The Hall–Kier alpha value is -1.96. The Morgan fingerprint density at radius 3 is 2.61 bits per heavy atom. The van der Waals surface area contributed by atoms with Crippen molar-refractivity contribution in [2.45, 2.75) is 20.3 Å². The van der Waals surface area contributed by atoms with Crippen LogP contribution in [0.2, 0.25) is 0 Å². The summed E-state index contributed by atoms with van der Waals surface area (Å²) in [6, 6.07) is 8.37. The SMILES string of the molecule is CC.CN1C2=C(C=CCC=C2)Nc2ccccc21. The molecule has 0 unspecified atom stereocenters. The summed E-state index contributed by atoms with van der Waals surface area (Å²) in [7, 11) is 2.11. The van der Waals surface area contributed by atoms with Crippen LogP contribution in [0.25, 0.3) is 0 Å². The molecule has 0 saturated carbocycles. The molecule has 3 rings (SSSR count). The lowest BCUT2D eigenvalue weighted by Gasteiger charge is -2.30. The molecule has 0 radical (unpaired) electrons. The average molecular weight is 240 g/mol. The summed E-state index contributed by atoms with van der Waals surface area (Å²) < 4.78 is 0. The molecule has 2 aliphatic rings. The number of nitrogens with one attached hydrogen (secondary N) is 1. The van der Waals surface area contributed by atoms with Gasteiger partial charge in [0.15, 0.2) is 0 Å². The van der Waals surface area contributed by atoms with Crippen molar-refractivity contribution in [1.82, 2.24) is 0 Å². The van der Waals surface area contributed by atoms with Gasteiger partial charge in [0.05, 0.1) is 22.8 Å². The molecule has 1 aliphatic heterocycles. The van der Waals surface area contributed by atoms with Crippen LogP contribution in [0, 0.1) is 0 Å². The molecule has 1 N–H and O–H groups in total. The van der Waals surface area contributed by atoms with Crippen LogP contribution in [0.3, 0.4) is 0 Å². The number of nitrogens with zero attached hydrogens (tertiary/aromatic N) is 1. The first kappa shape index (κ1) is 12.5. The first-order valence-electron chi connectivity index (χ1n) is 6.53. The molecule has 0 bridgehead atoms.